The van der Waals surface area contributed by atoms with Gasteiger partial charge in [0.2, 0.25) is 5.69 Å². The summed E-state index contributed by atoms with van der Waals surface area (Å²) in [5, 5.41) is 12.5. The van der Waals surface area contributed by atoms with E-state index in [9.17, 15) is 5.26 Å². The third kappa shape index (κ3) is 4.82. The van der Waals surface area contributed by atoms with Crippen LogP contribution in [0.2, 0.25) is 0 Å². The molecule has 0 aromatic heterocycles. The van der Waals surface area contributed by atoms with Gasteiger partial charge in [-0.3, -0.25) is 0 Å². The Balaban J connectivity index is 1.37. The number of hydrogen-bond acceptors (Lipinski definition) is 3. The molecule has 7 aromatic carbocycles. The summed E-state index contributed by atoms with van der Waals surface area (Å²) in [5.41, 5.74) is 11.5. The van der Waals surface area contributed by atoms with Crippen LogP contribution >= 0.6 is 0 Å². The Labute approximate surface area is 287 Å². The minimum absolute atomic E-state index is 0.349. The first-order valence-corrected chi connectivity index (χ1v) is 16.4. The molecule has 0 unspecified atom stereocenters. The van der Waals surface area contributed by atoms with E-state index in [1.165, 1.54) is 27.6 Å². The van der Waals surface area contributed by atoms with Crippen LogP contribution in [-0.2, 0) is 5.41 Å². The van der Waals surface area contributed by atoms with Crippen LogP contribution in [0.1, 0.15) is 30.5 Å². The zero-order valence-electron chi connectivity index (χ0n) is 27.3. The van der Waals surface area contributed by atoms with Gasteiger partial charge in [0.1, 0.15) is 6.07 Å². The molecule has 0 spiro atoms. The second kappa shape index (κ2) is 11.9. The van der Waals surface area contributed by atoms with Crippen LogP contribution in [0.25, 0.3) is 26.7 Å². The summed E-state index contributed by atoms with van der Waals surface area (Å²) in [6.07, 6.45) is 0. The summed E-state index contributed by atoms with van der Waals surface area (Å²) in [5.74, 6) is 0. The molecule has 0 saturated carbocycles. The number of hydrogen-bond donors (Lipinski definition) is 0. The average Bonchev–Trinajstić information content (AvgIpc) is 3.38. The van der Waals surface area contributed by atoms with Crippen molar-refractivity contribution in [2.75, 3.05) is 9.80 Å². The van der Waals surface area contributed by atoms with Crippen molar-refractivity contribution in [1.29, 1.82) is 5.26 Å². The van der Waals surface area contributed by atoms with E-state index < -0.39 is 0 Å². The highest BCUT2D eigenvalue weighted by Gasteiger charge is 2.38. The van der Waals surface area contributed by atoms with Crippen LogP contribution in [0.4, 0.5) is 39.8 Å². The molecule has 4 nitrogen and oxygen atoms in total. The van der Waals surface area contributed by atoms with E-state index in [0.717, 1.165) is 39.5 Å². The van der Waals surface area contributed by atoms with Crippen molar-refractivity contribution in [1.82, 2.24) is 0 Å². The predicted octanol–water partition coefficient (Wildman–Crippen LogP) is 12.5. The van der Waals surface area contributed by atoms with E-state index >= 15 is 0 Å². The van der Waals surface area contributed by atoms with Crippen LogP contribution < -0.4 is 9.80 Å². The van der Waals surface area contributed by atoms with Gasteiger partial charge in [0.15, 0.2) is 0 Å². The highest BCUT2D eigenvalue weighted by atomic mass is 15.2. The number of anilines is 6. The van der Waals surface area contributed by atoms with Gasteiger partial charge < -0.3 is 9.80 Å². The minimum Gasteiger partial charge on any atom is -0.320 e. The normalized spacial score (nSPS) is 12.4. The Bertz CT molecular complexity index is 2450. The fourth-order valence-corrected chi connectivity index (χ4v) is 7.38. The van der Waals surface area contributed by atoms with E-state index in [1.807, 2.05) is 84.9 Å². The molecule has 7 aromatic rings. The molecule has 49 heavy (non-hydrogen) atoms. The fourth-order valence-electron chi connectivity index (χ4n) is 7.38. The van der Waals surface area contributed by atoms with Gasteiger partial charge in [-0.25, -0.2) is 4.85 Å². The van der Waals surface area contributed by atoms with Crippen molar-refractivity contribution in [2.24, 2.45) is 0 Å². The lowest BCUT2D eigenvalue weighted by atomic mass is 9.81. The Morgan fingerprint density at radius 2 is 1.14 bits per heavy atom. The van der Waals surface area contributed by atoms with E-state index in [-0.39, 0.29) is 5.41 Å². The van der Waals surface area contributed by atoms with Crippen LogP contribution in [0.15, 0.2) is 158 Å². The summed E-state index contributed by atoms with van der Waals surface area (Å²) in [6.45, 7) is 12.5. The summed E-state index contributed by atoms with van der Waals surface area (Å²) < 4.78 is 0. The summed E-state index contributed by atoms with van der Waals surface area (Å²) in [4.78, 5) is 8.30. The van der Waals surface area contributed by atoms with Gasteiger partial charge in [-0.05, 0) is 88.3 Å². The number of benzene rings is 7. The summed E-state index contributed by atoms with van der Waals surface area (Å²) in [6, 6.07) is 56.3. The number of nitriles is 1. The second-order valence-electron chi connectivity index (χ2n) is 12.8. The van der Waals surface area contributed by atoms with Gasteiger partial charge >= 0.3 is 0 Å². The number of para-hydroxylation sites is 5. The van der Waals surface area contributed by atoms with Gasteiger partial charge in [0.25, 0.3) is 0 Å². The third-order valence-electron chi connectivity index (χ3n) is 9.68. The molecule has 0 N–H and O–H groups in total. The molecule has 8 rings (SSSR count). The molecule has 232 valence electrons. The Morgan fingerprint density at radius 3 is 1.84 bits per heavy atom. The van der Waals surface area contributed by atoms with Crippen LogP contribution in [0.5, 0.6) is 0 Å². The lowest BCUT2D eigenvalue weighted by molar-refractivity contribution is 0.661. The van der Waals surface area contributed by atoms with Gasteiger partial charge in [0.05, 0.1) is 29.2 Å². The van der Waals surface area contributed by atoms with E-state index in [4.69, 9.17) is 6.57 Å². The molecule has 0 fully saturated rings. The van der Waals surface area contributed by atoms with Crippen LogP contribution in [-0.4, -0.2) is 0 Å². The first-order chi connectivity index (χ1) is 24.0. The van der Waals surface area contributed by atoms with Crippen LogP contribution in [0.3, 0.4) is 0 Å². The molecular formula is C45H32N4. The van der Waals surface area contributed by atoms with Crippen molar-refractivity contribution in [2.45, 2.75) is 19.3 Å². The molecule has 0 heterocycles. The van der Waals surface area contributed by atoms with E-state index in [2.05, 4.69) is 107 Å². The SMILES string of the molecule is [C-]#[N+]c1ccccc1N(c1ccccc1)c1ccc2c(c1)C(C)(C)c1cc(N(c3ccccc3)c3ccccc3C#N)c3ccccc3c1-2. The molecule has 0 saturated heterocycles. The van der Waals surface area contributed by atoms with Crippen molar-refractivity contribution >= 4 is 50.6 Å². The van der Waals surface area contributed by atoms with Crippen molar-refractivity contribution in [3.8, 4) is 17.2 Å². The van der Waals surface area contributed by atoms with Crippen LogP contribution in [0, 0.1) is 17.9 Å². The highest BCUT2D eigenvalue weighted by molar-refractivity contribution is 6.10. The maximum atomic E-state index is 10.2. The average molecular weight is 629 g/mol. The fraction of sp³-hybridized carbons (Fsp3) is 0.0667. The summed E-state index contributed by atoms with van der Waals surface area (Å²) >= 11 is 0. The van der Waals surface area contributed by atoms with Gasteiger partial charge in [-0.2, -0.15) is 5.26 Å². The van der Waals surface area contributed by atoms with Gasteiger partial charge in [-0.15, -0.1) is 0 Å². The lowest BCUT2D eigenvalue weighted by Crippen LogP contribution is -2.18. The predicted molar refractivity (Wildman–Crippen MR) is 202 cm³/mol. The van der Waals surface area contributed by atoms with Gasteiger partial charge in [-0.1, -0.05) is 111 Å². The quantitative estimate of drug-likeness (QED) is 0.172. The number of nitrogens with zero attached hydrogens (tertiary/aromatic N) is 4. The zero-order chi connectivity index (χ0) is 33.5. The van der Waals surface area contributed by atoms with E-state index in [0.29, 0.717) is 11.3 Å². The highest BCUT2D eigenvalue weighted by Crippen LogP contribution is 2.56. The molecule has 0 bridgehead atoms. The molecule has 0 radical (unpaired) electrons. The van der Waals surface area contributed by atoms with E-state index in [1.54, 1.807) is 0 Å². The Morgan fingerprint density at radius 1 is 0.551 bits per heavy atom. The Hall–Kier alpha value is -6.62. The first kappa shape index (κ1) is 29.8. The standard InChI is InChI=1S/C45H32N4/c1-45(2)38-28-34(48(32-17-6-4-7-18-32)42-25-15-13-23-40(42)47-3)26-27-37(38)44-36-22-12-11-21-35(36)43(29-39(44)45)49(33-19-8-5-9-20-33)41-24-14-10-16-31(41)30-46/h4-29H,1-2H3. The number of rotatable bonds is 6. The summed E-state index contributed by atoms with van der Waals surface area (Å²) in [7, 11) is 0. The Kier molecular flexibility index (Phi) is 7.21. The number of fused-ring (bicyclic) bond motifs is 5. The molecule has 1 aliphatic carbocycles. The van der Waals surface area contributed by atoms with Crippen molar-refractivity contribution in [3.05, 3.63) is 186 Å². The smallest absolute Gasteiger partial charge is 0.210 e. The first-order valence-electron chi connectivity index (χ1n) is 16.4. The van der Waals surface area contributed by atoms with Crippen molar-refractivity contribution in [3.63, 3.8) is 0 Å². The molecule has 0 amide bonds. The molecule has 0 atom stereocenters. The molecular weight excluding hydrogens is 597 g/mol. The zero-order valence-corrected chi connectivity index (χ0v) is 27.3. The maximum Gasteiger partial charge on any atom is 0.210 e. The van der Waals surface area contributed by atoms with Gasteiger partial charge in [0, 0.05) is 27.9 Å². The molecule has 4 heteroatoms. The maximum absolute atomic E-state index is 10.2. The third-order valence-corrected chi connectivity index (χ3v) is 9.68. The monoisotopic (exact) mass is 628 g/mol. The minimum atomic E-state index is -0.349. The van der Waals surface area contributed by atoms with Crippen molar-refractivity contribution < 1.29 is 0 Å². The topological polar surface area (TPSA) is 34.6 Å². The largest absolute Gasteiger partial charge is 0.320 e. The second-order valence-corrected chi connectivity index (χ2v) is 12.8. The molecule has 1 aliphatic rings. The molecule has 0 aliphatic heterocycles. The lowest BCUT2D eigenvalue weighted by Gasteiger charge is -2.30.